The second kappa shape index (κ2) is 7.46. The summed E-state index contributed by atoms with van der Waals surface area (Å²) >= 11 is 1.37. The monoisotopic (exact) mass is 305 g/mol. The Morgan fingerprint density at radius 1 is 1.14 bits per heavy atom. The highest BCUT2D eigenvalue weighted by molar-refractivity contribution is 8.13. The van der Waals surface area contributed by atoms with Gasteiger partial charge >= 0.3 is 0 Å². The third-order valence-corrected chi connectivity index (χ3v) is 5.02. The molecule has 1 aliphatic carbocycles. The lowest BCUT2D eigenvalue weighted by Crippen LogP contribution is -2.50. The van der Waals surface area contributed by atoms with Gasteiger partial charge in [0.15, 0.2) is 0 Å². The fourth-order valence-electron chi connectivity index (χ4n) is 2.84. The van der Waals surface area contributed by atoms with Crippen molar-refractivity contribution in [3.8, 4) is 0 Å². The van der Waals surface area contributed by atoms with Crippen LogP contribution in [0.2, 0.25) is 0 Å². The summed E-state index contributed by atoms with van der Waals surface area (Å²) in [5.74, 6) is 0. The average molecular weight is 305 g/mol. The fraction of sp³-hybridized carbons (Fsp3) is 0.611. The molecule has 1 aromatic carbocycles. The van der Waals surface area contributed by atoms with Crippen molar-refractivity contribution in [1.29, 1.82) is 0 Å². The summed E-state index contributed by atoms with van der Waals surface area (Å²) < 4.78 is 0. The molecule has 1 atom stereocenters. The molecule has 0 bridgehead atoms. The molecule has 21 heavy (non-hydrogen) atoms. The van der Waals surface area contributed by atoms with Crippen molar-refractivity contribution in [2.45, 2.75) is 69.9 Å². The van der Waals surface area contributed by atoms with Gasteiger partial charge in [0.05, 0.1) is 6.04 Å². The molecule has 0 amide bonds. The van der Waals surface area contributed by atoms with Crippen LogP contribution < -0.4 is 5.32 Å². The molecule has 2 rings (SSSR count). The first-order chi connectivity index (χ1) is 9.97. The molecule has 1 fully saturated rings. The minimum Gasteiger partial charge on any atom is -0.303 e. The Bertz CT molecular complexity index is 446. The molecule has 0 spiro atoms. The summed E-state index contributed by atoms with van der Waals surface area (Å²) in [6, 6.07) is 10.4. The van der Waals surface area contributed by atoms with Crippen LogP contribution in [0.3, 0.4) is 0 Å². The van der Waals surface area contributed by atoms with Crippen LogP contribution >= 0.6 is 11.8 Å². The van der Waals surface area contributed by atoms with Crippen molar-refractivity contribution in [2.75, 3.05) is 0 Å². The molecule has 3 heteroatoms. The summed E-state index contributed by atoms with van der Waals surface area (Å²) in [5, 5.41) is 3.88. The lowest BCUT2D eigenvalue weighted by atomic mass is 9.85. The van der Waals surface area contributed by atoms with Gasteiger partial charge in [0.25, 0.3) is 0 Å². The Hall–Kier alpha value is -0.800. The molecule has 0 radical (unpaired) electrons. The molecular weight excluding hydrogens is 278 g/mol. The molecule has 2 nitrogen and oxygen atoms in total. The molecule has 0 saturated heterocycles. The van der Waals surface area contributed by atoms with Crippen LogP contribution in [0, 0.1) is 5.41 Å². The molecule has 1 aromatic rings. The maximum absolute atomic E-state index is 12.7. The fourth-order valence-corrected chi connectivity index (χ4v) is 3.91. The van der Waals surface area contributed by atoms with Crippen LogP contribution in [0.1, 0.15) is 52.9 Å². The first kappa shape index (κ1) is 16.6. The van der Waals surface area contributed by atoms with E-state index in [-0.39, 0.29) is 16.6 Å². The van der Waals surface area contributed by atoms with Gasteiger partial charge in [-0.15, -0.1) is 0 Å². The zero-order valence-corrected chi connectivity index (χ0v) is 14.2. The zero-order chi connectivity index (χ0) is 15.3. The average Bonchev–Trinajstić information content (AvgIpc) is 2.45. The number of benzene rings is 1. The van der Waals surface area contributed by atoms with Gasteiger partial charge in [-0.25, -0.2) is 0 Å². The maximum atomic E-state index is 12.7. The van der Waals surface area contributed by atoms with Crippen LogP contribution in [0.25, 0.3) is 0 Å². The first-order valence-electron chi connectivity index (χ1n) is 7.99. The van der Waals surface area contributed by atoms with Crippen molar-refractivity contribution in [2.24, 2.45) is 5.41 Å². The zero-order valence-electron chi connectivity index (χ0n) is 13.4. The summed E-state index contributed by atoms with van der Waals surface area (Å²) in [5.41, 5.74) is -0.0592. The quantitative estimate of drug-likeness (QED) is 0.821. The van der Waals surface area contributed by atoms with E-state index in [0.717, 1.165) is 4.90 Å². The predicted molar refractivity (Wildman–Crippen MR) is 90.6 cm³/mol. The lowest BCUT2D eigenvalue weighted by molar-refractivity contribution is -0.115. The van der Waals surface area contributed by atoms with E-state index >= 15 is 0 Å². The minimum atomic E-state index is -0.0918. The maximum Gasteiger partial charge on any atom is 0.211 e. The van der Waals surface area contributed by atoms with Crippen LogP contribution in [-0.4, -0.2) is 17.2 Å². The van der Waals surface area contributed by atoms with E-state index in [2.05, 4.69) is 26.1 Å². The van der Waals surface area contributed by atoms with E-state index in [9.17, 15) is 4.79 Å². The molecule has 0 aliphatic heterocycles. The Kier molecular flexibility index (Phi) is 5.88. The Labute approximate surface area is 133 Å². The van der Waals surface area contributed by atoms with E-state index in [1.807, 2.05) is 30.3 Å². The van der Waals surface area contributed by atoms with Gasteiger partial charge < -0.3 is 5.32 Å². The number of thioether (sulfide) groups is 1. The summed E-state index contributed by atoms with van der Waals surface area (Å²) in [6.07, 6.45) is 6.32. The number of rotatable bonds is 4. The number of hydrogen-bond acceptors (Lipinski definition) is 3. The predicted octanol–water partition coefficient (Wildman–Crippen LogP) is 4.64. The highest BCUT2D eigenvalue weighted by Crippen LogP contribution is 2.30. The molecule has 1 saturated carbocycles. The summed E-state index contributed by atoms with van der Waals surface area (Å²) in [7, 11) is 0. The Balaban J connectivity index is 2.03. The van der Waals surface area contributed by atoms with Gasteiger partial charge in [-0.2, -0.15) is 0 Å². The van der Waals surface area contributed by atoms with Crippen molar-refractivity contribution in [3.05, 3.63) is 30.3 Å². The molecule has 0 aromatic heterocycles. The third-order valence-electron chi connectivity index (χ3n) is 4.07. The topological polar surface area (TPSA) is 29.1 Å². The number of nitrogens with one attached hydrogen (secondary N) is 1. The summed E-state index contributed by atoms with van der Waals surface area (Å²) in [6.45, 7) is 6.45. The second-order valence-electron chi connectivity index (χ2n) is 7.03. The molecule has 1 N–H and O–H groups in total. The molecular formula is C18H27NOS. The van der Waals surface area contributed by atoms with E-state index < -0.39 is 0 Å². The van der Waals surface area contributed by atoms with Gasteiger partial charge in [-0.05, 0) is 30.4 Å². The second-order valence-corrected chi connectivity index (χ2v) is 8.11. The van der Waals surface area contributed by atoms with Gasteiger partial charge in [0.2, 0.25) is 5.12 Å². The number of hydrogen-bond donors (Lipinski definition) is 1. The lowest BCUT2D eigenvalue weighted by Gasteiger charge is -2.35. The van der Waals surface area contributed by atoms with E-state index in [0.29, 0.717) is 6.04 Å². The normalized spacial score (nSPS) is 18.4. The van der Waals surface area contributed by atoms with Crippen molar-refractivity contribution >= 4 is 16.9 Å². The molecule has 1 aliphatic rings. The largest absolute Gasteiger partial charge is 0.303 e. The summed E-state index contributed by atoms with van der Waals surface area (Å²) in [4.78, 5) is 13.8. The molecule has 1 unspecified atom stereocenters. The minimum absolute atomic E-state index is 0.0592. The first-order valence-corrected chi connectivity index (χ1v) is 8.81. The van der Waals surface area contributed by atoms with Crippen LogP contribution in [0.5, 0.6) is 0 Å². The smallest absolute Gasteiger partial charge is 0.211 e. The van der Waals surface area contributed by atoms with Gasteiger partial charge in [-0.3, -0.25) is 4.79 Å². The van der Waals surface area contributed by atoms with Crippen molar-refractivity contribution < 1.29 is 4.79 Å². The third kappa shape index (κ3) is 5.15. The van der Waals surface area contributed by atoms with E-state index in [4.69, 9.17) is 0 Å². The van der Waals surface area contributed by atoms with Crippen LogP contribution in [0.4, 0.5) is 0 Å². The van der Waals surface area contributed by atoms with E-state index in [1.54, 1.807) is 0 Å². The standard InChI is InChI=1S/C18H27NOS/c1-18(2,3)16(19-14-10-6-4-7-11-14)17(20)21-15-12-8-5-9-13-15/h5,8-9,12-14,16,19H,4,6-7,10-11H2,1-3H3. The Morgan fingerprint density at radius 2 is 1.76 bits per heavy atom. The number of carbonyl (C=O) groups is 1. The van der Waals surface area contributed by atoms with E-state index in [1.165, 1.54) is 43.9 Å². The highest BCUT2D eigenvalue weighted by atomic mass is 32.2. The Morgan fingerprint density at radius 3 is 2.33 bits per heavy atom. The molecule has 0 heterocycles. The highest BCUT2D eigenvalue weighted by Gasteiger charge is 2.33. The van der Waals surface area contributed by atoms with Gasteiger partial charge in [0.1, 0.15) is 0 Å². The van der Waals surface area contributed by atoms with Crippen LogP contribution in [0.15, 0.2) is 35.2 Å². The van der Waals surface area contributed by atoms with Crippen molar-refractivity contribution in [3.63, 3.8) is 0 Å². The SMILES string of the molecule is CC(C)(C)C(NC1CCCCC1)C(=O)Sc1ccccc1. The van der Waals surface area contributed by atoms with Gasteiger partial charge in [-0.1, -0.05) is 70.0 Å². The molecule has 116 valence electrons. The number of carbonyl (C=O) groups excluding carboxylic acids is 1. The van der Waals surface area contributed by atoms with Crippen molar-refractivity contribution in [1.82, 2.24) is 5.32 Å². The van der Waals surface area contributed by atoms with Gasteiger partial charge in [0, 0.05) is 10.9 Å². The van der Waals surface area contributed by atoms with Crippen LogP contribution in [-0.2, 0) is 4.79 Å².